The first-order valence-corrected chi connectivity index (χ1v) is 7.26. The van der Waals surface area contributed by atoms with Gasteiger partial charge in [0.15, 0.2) is 5.82 Å². The van der Waals surface area contributed by atoms with Crippen LogP contribution in [0.25, 0.3) is 0 Å². The molecule has 0 amide bonds. The van der Waals surface area contributed by atoms with Crippen LogP contribution in [0, 0.1) is 0 Å². The third kappa shape index (κ3) is 2.67. The van der Waals surface area contributed by atoms with Crippen LogP contribution in [0.15, 0.2) is 4.52 Å². The number of aromatic nitrogens is 2. The number of nitrogens with zero attached hydrogens (tertiary/aromatic N) is 3. The first-order chi connectivity index (χ1) is 8.92. The Bertz CT molecular complexity index is 437. The van der Waals surface area contributed by atoms with Crippen molar-refractivity contribution >= 4 is 0 Å². The molecule has 0 aliphatic carbocycles. The van der Waals surface area contributed by atoms with E-state index in [2.05, 4.69) is 22.1 Å². The molecule has 106 valence electrons. The first-order valence-electron chi connectivity index (χ1n) is 7.26. The number of fused-ring (bicyclic) bond motifs is 2. The van der Waals surface area contributed by atoms with Crippen molar-refractivity contribution in [1.82, 2.24) is 15.0 Å². The largest absolute Gasteiger partial charge is 0.339 e. The summed E-state index contributed by atoms with van der Waals surface area (Å²) in [5, 5.41) is 4.19. The molecule has 2 bridgehead atoms. The van der Waals surface area contributed by atoms with Crippen molar-refractivity contribution < 1.29 is 4.52 Å². The van der Waals surface area contributed by atoms with Crippen LogP contribution < -0.4 is 5.73 Å². The van der Waals surface area contributed by atoms with Gasteiger partial charge < -0.3 is 15.2 Å². The van der Waals surface area contributed by atoms with E-state index in [1.807, 2.05) is 13.8 Å². The molecule has 5 nitrogen and oxygen atoms in total. The van der Waals surface area contributed by atoms with Crippen LogP contribution in [0.3, 0.4) is 0 Å². The van der Waals surface area contributed by atoms with Crippen molar-refractivity contribution in [3.8, 4) is 0 Å². The molecule has 2 aliphatic heterocycles. The maximum absolute atomic E-state index is 5.99. The zero-order chi connectivity index (χ0) is 13.6. The van der Waals surface area contributed by atoms with E-state index in [9.17, 15) is 0 Å². The van der Waals surface area contributed by atoms with E-state index in [1.54, 1.807) is 0 Å². The Kier molecular flexibility index (Phi) is 3.14. The third-order valence-electron chi connectivity index (χ3n) is 4.55. The van der Waals surface area contributed by atoms with Gasteiger partial charge in [-0.1, -0.05) is 5.16 Å². The van der Waals surface area contributed by atoms with E-state index < -0.39 is 0 Å². The van der Waals surface area contributed by atoms with Gasteiger partial charge in [0.2, 0.25) is 5.89 Å². The predicted molar refractivity (Wildman–Crippen MR) is 72.8 cm³/mol. The van der Waals surface area contributed by atoms with Crippen molar-refractivity contribution in [2.24, 2.45) is 5.73 Å². The van der Waals surface area contributed by atoms with Crippen LogP contribution in [0.4, 0.5) is 0 Å². The van der Waals surface area contributed by atoms with Gasteiger partial charge in [0.05, 0.1) is 0 Å². The Morgan fingerprint density at radius 3 is 2.53 bits per heavy atom. The number of hydrogen-bond donors (Lipinski definition) is 1. The van der Waals surface area contributed by atoms with E-state index in [-0.39, 0.29) is 5.54 Å². The summed E-state index contributed by atoms with van der Waals surface area (Å²) in [5.74, 6) is 2.03. The van der Waals surface area contributed by atoms with Gasteiger partial charge in [0.1, 0.15) is 0 Å². The van der Waals surface area contributed by atoms with Crippen molar-refractivity contribution in [1.29, 1.82) is 0 Å². The number of rotatable bonds is 3. The summed E-state index contributed by atoms with van der Waals surface area (Å²) in [6, 6.07) is 1.41. The lowest BCUT2D eigenvalue weighted by Gasteiger charge is -2.34. The first kappa shape index (κ1) is 13.1. The Morgan fingerprint density at radius 2 is 1.95 bits per heavy atom. The Hall–Kier alpha value is -0.940. The maximum atomic E-state index is 5.99. The molecule has 0 spiro atoms. The fraction of sp³-hybridized carbons (Fsp3) is 0.857. The summed E-state index contributed by atoms with van der Waals surface area (Å²) in [6.07, 6.45) is 5.60. The van der Waals surface area contributed by atoms with E-state index in [4.69, 9.17) is 10.3 Å². The minimum atomic E-state index is -0.296. The molecule has 0 radical (unpaired) electrons. The average Bonchev–Trinajstić information content (AvgIpc) is 2.80. The van der Waals surface area contributed by atoms with Crippen molar-refractivity contribution in [2.45, 2.75) is 69.5 Å². The summed E-state index contributed by atoms with van der Waals surface area (Å²) in [6.45, 7) is 3.96. The highest BCUT2D eigenvalue weighted by atomic mass is 16.5. The smallest absolute Gasteiger partial charge is 0.228 e. The standard InChI is InChI=1S/C14H24N4O/c1-14(2,15)8-12-16-13(17-19-12)9-6-10-4-5-11(7-9)18(10)3/h9-11H,4-8,15H2,1-3H3. The zero-order valence-corrected chi connectivity index (χ0v) is 12.1. The highest BCUT2D eigenvalue weighted by Gasteiger charge is 2.40. The van der Waals surface area contributed by atoms with Gasteiger partial charge in [-0.05, 0) is 46.6 Å². The molecule has 1 aromatic heterocycles. The quantitative estimate of drug-likeness (QED) is 0.899. The number of piperidine rings is 1. The molecule has 3 rings (SSSR count). The molecule has 2 fully saturated rings. The van der Waals surface area contributed by atoms with E-state index in [1.165, 1.54) is 12.8 Å². The minimum absolute atomic E-state index is 0.296. The molecular formula is C14H24N4O. The van der Waals surface area contributed by atoms with E-state index >= 15 is 0 Å². The molecule has 5 heteroatoms. The van der Waals surface area contributed by atoms with Crippen molar-refractivity contribution in [3.63, 3.8) is 0 Å². The van der Waals surface area contributed by atoms with Gasteiger partial charge in [-0.3, -0.25) is 0 Å². The van der Waals surface area contributed by atoms with Crippen LogP contribution in [0.2, 0.25) is 0 Å². The van der Waals surface area contributed by atoms with Crippen molar-refractivity contribution in [3.05, 3.63) is 11.7 Å². The molecule has 2 atom stereocenters. The van der Waals surface area contributed by atoms with Crippen LogP contribution in [0.1, 0.15) is 57.2 Å². The van der Waals surface area contributed by atoms with Crippen LogP contribution in [-0.2, 0) is 6.42 Å². The Labute approximate surface area is 114 Å². The molecule has 2 N–H and O–H groups in total. The molecule has 1 aromatic rings. The number of hydrogen-bond acceptors (Lipinski definition) is 5. The van der Waals surface area contributed by atoms with Gasteiger partial charge in [0.25, 0.3) is 0 Å². The van der Waals surface area contributed by atoms with Gasteiger partial charge >= 0.3 is 0 Å². The SMILES string of the molecule is CN1C2CCC1CC(c1noc(CC(C)(C)N)n1)C2. The molecule has 19 heavy (non-hydrogen) atoms. The van der Waals surface area contributed by atoms with Crippen LogP contribution in [-0.4, -0.2) is 39.7 Å². The molecule has 2 aliphatic rings. The van der Waals surface area contributed by atoms with Crippen LogP contribution in [0.5, 0.6) is 0 Å². The summed E-state index contributed by atoms with van der Waals surface area (Å²) in [7, 11) is 2.25. The Morgan fingerprint density at radius 1 is 1.32 bits per heavy atom. The molecule has 2 saturated heterocycles. The van der Waals surface area contributed by atoms with E-state index in [0.29, 0.717) is 30.3 Å². The summed E-state index contributed by atoms with van der Waals surface area (Å²) >= 11 is 0. The summed E-state index contributed by atoms with van der Waals surface area (Å²) in [4.78, 5) is 7.09. The topological polar surface area (TPSA) is 68.2 Å². The van der Waals surface area contributed by atoms with Crippen molar-refractivity contribution in [2.75, 3.05) is 7.05 Å². The third-order valence-corrected chi connectivity index (χ3v) is 4.55. The molecule has 2 unspecified atom stereocenters. The van der Waals surface area contributed by atoms with Gasteiger partial charge in [0, 0.05) is 30.0 Å². The highest BCUT2D eigenvalue weighted by molar-refractivity contribution is 5.06. The predicted octanol–water partition coefficient (Wildman–Crippen LogP) is 1.69. The second-order valence-electron chi connectivity index (χ2n) is 6.93. The lowest BCUT2D eigenvalue weighted by Crippen LogP contribution is -2.39. The van der Waals surface area contributed by atoms with Gasteiger partial charge in [-0.25, -0.2) is 0 Å². The second-order valence-corrected chi connectivity index (χ2v) is 6.93. The van der Waals surface area contributed by atoms with E-state index in [0.717, 1.165) is 18.7 Å². The fourth-order valence-electron chi connectivity index (χ4n) is 3.52. The number of nitrogens with two attached hydrogens (primary N) is 1. The zero-order valence-electron chi connectivity index (χ0n) is 12.1. The second kappa shape index (κ2) is 4.56. The fourth-order valence-corrected chi connectivity index (χ4v) is 3.52. The minimum Gasteiger partial charge on any atom is -0.339 e. The Balaban J connectivity index is 1.70. The molecule has 3 heterocycles. The highest BCUT2D eigenvalue weighted by Crippen LogP contribution is 2.41. The average molecular weight is 264 g/mol. The maximum Gasteiger partial charge on any atom is 0.228 e. The summed E-state index contributed by atoms with van der Waals surface area (Å²) < 4.78 is 5.36. The van der Waals surface area contributed by atoms with Gasteiger partial charge in [-0.15, -0.1) is 0 Å². The van der Waals surface area contributed by atoms with Gasteiger partial charge in [-0.2, -0.15) is 4.98 Å². The normalized spacial score (nSPS) is 31.9. The van der Waals surface area contributed by atoms with Crippen LogP contribution >= 0.6 is 0 Å². The molecule has 0 saturated carbocycles. The lowest BCUT2D eigenvalue weighted by atomic mass is 9.90. The monoisotopic (exact) mass is 264 g/mol. The lowest BCUT2D eigenvalue weighted by molar-refractivity contribution is 0.157. The molecule has 0 aromatic carbocycles. The molecular weight excluding hydrogens is 240 g/mol. The summed E-state index contributed by atoms with van der Waals surface area (Å²) in [5.41, 5.74) is 5.70.